The summed E-state index contributed by atoms with van der Waals surface area (Å²) in [6.45, 7) is 4.02. The zero-order chi connectivity index (χ0) is 18.9. The van der Waals surface area contributed by atoms with Crippen LogP contribution < -0.4 is 10.6 Å². The molecule has 1 amide bonds. The quantitative estimate of drug-likeness (QED) is 0.877. The maximum absolute atomic E-state index is 12.9. The van der Waals surface area contributed by atoms with Crippen LogP contribution in [-0.2, 0) is 21.4 Å². The number of fused-ring (bicyclic) bond motifs is 2. The van der Waals surface area contributed by atoms with Gasteiger partial charge >= 0.3 is 0 Å². The lowest BCUT2D eigenvalue weighted by atomic mass is 9.72. The van der Waals surface area contributed by atoms with Gasteiger partial charge in [0.15, 0.2) is 0 Å². The Hall–Kier alpha value is -2.17. The summed E-state index contributed by atoms with van der Waals surface area (Å²) in [6, 6.07) is 16.5. The summed E-state index contributed by atoms with van der Waals surface area (Å²) in [5, 5.41) is 6.76. The van der Waals surface area contributed by atoms with Crippen molar-refractivity contribution in [2.45, 2.75) is 43.7 Å². The number of piperidine rings is 1. The third-order valence-corrected chi connectivity index (χ3v) is 6.36. The fourth-order valence-corrected chi connectivity index (χ4v) is 5.00. The Bertz CT molecular complexity index is 827. The molecule has 0 bridgehead atoms. The minimum absolute atomic E-state index is 0.0167. The van der Waals surface area contributed by atoms with Crippen LogP contribution in [0.1, 0.15) is 41.1 Å². The van der Waals surface area contributed by atoms with Crippen molar-refractivity contribution in [2.75, 3.05) is 20.2 Å². The van der Waals surface area contributed by atoms with Gasteiger partial charge in [0.2, 0.25) is 5.91 Å². The van der Waals surface area contributed by atoms with Gasteiger partial charge in [-0.05, 0) is 55.1 Å². The molecule has 0 radical (unpaired) electrons. The summed E-state index contributed by atoms with van der Waals surface area (Å²) in [7, 11) is 1.78. The van der Waals surface area contributed by atoms with Gasteiger partial charge in [-0.2, -0.15) is 0 Å². The van der Waals surface area contributed by atoms with Crippen LogP contribution in [0, 0.1) is 6.92 Å². The molecule has 2 atom stereocenters. The minimum Gasteiger partial charge on any atom is -0.378 e. The second-order valence-electron chi connectivity index (χ2n) is 7.80. The predicted molar refractivity (Wildman–Crippen MR) is 107 cm³/mol. The van der Waals surface area contributed by atoms with E-state index in [0.29, 0.717) is 6.42 Å². The number of benzene rings is 2. The topological polar surface area (TPSA) is 50.4 Å². The first-order valence-electron chi connectivity index (χ1n) is 9.82. The standard InChI is InChI=1S/C23H28N2O2/c1-16-7-3-4-8-17(16)15-20(26)25-21-18-9-5-6-10-19(18)23(22(21)27-2)11-13-24-14-12-23/h3-10,21-22,24H,11-15H2,1-2H3,(H,25,26)/t21-,22+/m1/s1. The van der Waals surface area contributed by atoms with Crippen LogP contribution in [0.5, 0.6) is 0 Å². The fraction of sp³-hybridized carbons (Fsp3) is 0.435. The van der Waals surface area contributed by atoms with Gasteiger partial charge in [-0.15, -0.1) is 0 Å². The number of aryl methyl sites for hydroxylation is 1. The maximum atomic E-state index is 12.9. The van der Waals surface area contributed by atoms with E-state index in [4.69, 9.17) is 4.74 Å². The van der Waals surface area contributed by atoms with Crippen molar-refractivity contribution < 1.29 is 9.53 Å². The number of hydrogen-bond acceptors (Lipinski definition) is 3. The number of ether oxygens (including phenoxy) is 1. The molecule has 0 unspecified atom stereocenters. The lowest BCUT2D eigenvalue weighted by molar-refractivity contribution is -0.122. The number of rotatable bonds is 4. The van der Waals surface area contributed by atoms with Gasteiger partial charge in [-0.1, -0.05) is 48.5 Å². The fourth-order valence-electron chi connectivity index (χ4n) is 5.00. The van der Waals surface area contributed by atoms with Crippen molar-refractivity contribution >= 4 is 5.91 Å². The molecular formula is C23H28N2O2. The van der Waals surface area contributed by atoms with Gasteiger partial charge in [0, 0.05) is 12.5 Å². The highest BCUT2D eigenvalue weighted by Gasteiger charge is 2.53. The second-order valence-corrected chi connectivity index (χ2v) is 7.80. The third-order valence-electron chi connectivity index (χ3n) is 6.36. The molecule has 1 aliphatic heterocycles. The molecular weight excluding hydrogens is 336 g/mol. The molecule has 4 nitrogen and oxygen atoms in total. The summed E-state index contributed by atoms with van der Waals surface area (Å²) in [5.74, 6) is 0.0529. The Morgan fingerprint density at radius 3 is 2.59 bits per heavy atom. The van der Waals surface area contributed by atoms with E-state index in [1.54, 1.807) is 7.11 Å². The van der Waals surface area contributed by atoms with E-state index in [2.05, 4.69) is 47.9 Å². The molecule has 0 saturated carbocycles. The molecule has 1 heterocycles. The van der Waals surface area contributed by atoms with Crippen LogP contribution >= 0.6 is 0 Å². The molecule has 2 N–H and O–H groups in total. The van der Waals surface area contributed by atoms with Crippen LogP contribution in [0.15, 0.2) is 48.5 Å². The molecule has 2 aromatic carbocycles. The SMILES string of the molecule is CO[C@H]1[C@H](NC(=O)Cc2ccccc2C)c2ccccc2C12CCNCC2. The van der Waals surface area contributed by atoms with Gasteiger partial charge < -0.3 is 15.4 Å². The number of methoxy groups -OCH3 is 1. The van der Waals surface area contributed by atoms with Crippen molar-refractivity contribution in [2.24, 2.45) is 0 Å². The third kappa shape index (κ3) is 3.17. The number of hydrogen-bond donors (Lipinski definition) is 2. The lowest BCUT2D eigenvalue weighted by Gasteiger charge is -2.40. The molecule has 2 aromatic rings. The van der Waals surface area contributed by atoms with E-state index in [-0.39, 0.29) is 23.5 Å². The molecule has 1 fully saturated rings. The Labute approximate surface area is 161 Å². The van der Waals surface area contributed by atoms with Gasteiger partial charge in [0.1, 0.15) is 0 Å². The zero-order valence-electron chi connectivity index (χ0n) is 16.1. The summed E-state index contributed by atoms with van der Waals surface area (Å²) < 4.78 is 6.03. The first kappa shape index (κ1) is 18.2. The molecule has 1 aliphatic carbocycles. The molecule has 142 valence electrons. The first-order valence-corrected chi connectivity index (χ1v) is 9.82. The van der Waals surface area contributed by atoms with E-state index < -0.39 is 0 Å². The van der Waals surface area contributed by atoms with Crippen molar-refractivity contribution in [3.05, 3.63) is 70.8 Å². The van der Waals surface area contributed by atoms with Crippen LogP contribution in [0.4, 0.5) is 0 Å². The number of amides is 1. The molecule has 1 saturated heterocycles. The Morgan fingerprint density at radius 1 is 1.15 bits per heavy atom. The summed E-state index contributed by atoms with van der Waals surface area (Å²) in [5.41, 5.74) is 4.77. The summed E-state index contributed by atoms with van der Waals surface area (Å²) >= 11 is 0. The average Bonchev–Trinajstić information content (AvgIpc) is 2.93. The van der Waals surface area contributed by atoms with Crippen molar-refractivity contribution in [3.63, 3.8) is 0 Å². The van der Waals surface area contributed by atoms with Gasteiger partial charge in [0.25, 0.3) is 0 Å². The zero-order valence-corrected chi connectivity index (χ0v) is 16.1. The van der Waals surface area contributed by atoms with E-state index in [1.807, 2.05) is 18.2 Å². The highest BCUT2D eigenvalue weighted by atomic mass is 16.5. The normalized spacial score (nSPS) is 23.2. The van der Waals surface area contributed by atoms with Gasteiger partial charge in [0.05, 0.1) is 18.6 Å². The molecule has 2 aliphatic rings. The number of nitrogens with one attached hydrogen (secondary N) is 2. The van der Waals surface area contributed by atoms with Crippen LogP contribution in [-0.4, -0.2) is 32.2 Å². The Morgan fingerprint density at radius 2 is 1.85 bits per heavy atom. The van der Waals surface area contributed by atoms with Crippen LogP contribution in [0.2, 0.25) is 0 Å². The molecule has 0 aromatic heterocycles. The van der Waals surface area contributed by atoms with E-state index in [9.17, 15) is 4.79 Å². The predicted octanol–water partition coefficient (Wildman–Crippen LogP) is 3.04. The highest BCUT2D eigenvalue weighted by molar-refractivity contribution is 5.80. The van der Waals surface area contributed by atoms with Gasteiger partial charge in [-0.25, -0.2) is 0 Å². The summed E-state index contributed by atoms with van der Waals surface area (Å²) in [6.07, 6.45) is 2.44. The average molecular weight is 364 g/mol. The summed E-state index contributed by atoms with van der Waals surface area (Å²) in [4.78, 5) is 12.9. The smallest absolute Gasteiger partial charge is 0.225 e. The number of carbonyl (C=O) groups excluding carboxylic acids is 1. The van der Waals surface area contributed by atoms with Crippen LogP contribution in [0.3, 0.4) is 0 Å². The monoisotopic (exact) mass is 364 g/mol. The second kappa shape index (κ2) is 7.45. The Balaban J connectivity index is 1.62. The highest BCUT2D eigenvalue weighted by Crippen LogP contribution is 2.51. The Kier molecular flexibility index (Phi) is 5.02. The van der Waals surface area contributed by atoms with E-state index >= 15 is 0 Å². The molecule has 4 rings (SSSR count). The maximum Gasteiger partial charge on any atom is 0.225 e. The van der Waals surface area contributed by atoms with E-state index in [0.717, 1.165) is 37.1 Å². The van der Waals surface area contributed by atoms with Crippen molar-refractivity contribution in [1.82, 2.24) is 10.6 Å². The van der Waals surface area contributed by atoms with Crippen molar-refractivity contribution in [3.8, 4) is 0 Å². The molecule has 27 heavy (non-hydrogen) atoms. The molecule has 1 spiro atoms. The van der Waals surface area contributed by atoms with Gasteiger partial charge in [-0.3, -0.25) is 4.79 Å². The first-order chi connectivity index (χ1) is 13.2. The van der Waals surface area contributed by atoms with E-state index in [1.165, 1.54) is 11.1 Å². The largest absolute Gasteiger partial charge is 0.378 e. The minimum atomic E-state index is -0.0965. The van der Waals surface area contributed by atoms with Crippen LogP contribution in [0.25, 0.3) is 0 Å². The van der Waals surface area contributed by atoms with Crippen molar-refractivity contribution in [1.29, 1.82) is 0 Å². The lowest BCUT2D eigenvalue weighted by Crippen LogP contribution is -2.49. The molecule has 4 heteroatoms. The number of carbonyl (C=O) groups is 1.